The van der Waals surface area contributed by atoms with Crippen LogP contribution in [-0.2, 0) is 14.3 Å². The molecule has 1 aliphatic carbocycles. The Morgan fingerprint density at radius 3 is 2.00 bits per heavy atom. The Bertz CT molecular complexity index is 1380. The summed E-state index contributed by atoms with van der Waals surface area (Å²) >= 11 is 9.48. The fourth-order valence-corrected chi connectivity index (χ4v) is 5.99. The molecule has 3 atom stereocenters. The molecule has 2 saturated heterocycles. The third-order valence-corrected chi connectivity index (χ3v) is 7.79. The predicted octanol–water partition coefficient (Wildman–Crippen LogP) is 4.80. The van der Waals surface area contributed by atoms with Crippen molar-refractivity contribution in [2.45, 2.75) is 11.7 Å². The number of carbonyl (C=O) groups excluding carboxylic acids is 4. The Labute approximate surface area is 207 Å². The first kappa shape index (κ1) is 21.4. The maximum Gasteiger partial charge on any atom is 0.241 e. The molecule has 6 rings (SSSR count). The van der Waals surface area contributed by atoms with E-state index in [1.54, 1.807) is 72.8 Å². The first-order valence-corrected chi connectivity index (χ1v) is 11.8. The molecule has 0 saturated carbocycles. The summed E-state index contributed by atoms with van der Waals surface area (Å²) in [7, 11) is 0. The minimum atomic E-state index is -2.10. The molecule has 168 valence electrons. The number of rotatable bonds is 2. The van der Waals surface area contributed by atoms with Crippen molar-refractivity contribution in [3.05, 3.63) is 99.0 Å². The van der Waals surface area contributed by atoms with Crippen LogP contribution in [-0.4, -0.2) is 29.0 Å². The molecule has 0 bridgehead atoms. The molecule has 2 aliphatic heterocycles. The summed E-state index contributed by atoms with van der Waals surface area (Å²) < 4.78 is 6.93. The number of ketones is 2. The second kappa shape index (κ2) is 7.43. The molecule has 2 heterocycles. The molecule has 3 aromatic rings. The summed E-state index contributed by atoms with van der Waals surface area (Å²) in [4.78, 5) is 56.1. The summed E-state index contributed by atoms with van der Waals surface area (Å²) in [6.07, 6.45) is -0.975. The van der Waals surface area contributed by atoms with E-state index in [1.807, 2.05) is 0 Å². The van der Waals surface area contributed by atoms with Crippen molar-refractivity contribution in [1.29, 1.82) is 0 Å². The average Bonchev–Trinajstić information content (AvgIpc) is 3.40. The van der Waals surface area contributed by atoms with Gasteiger partial charge in [-0.1, -0.05) is 70.0 Å². The Balaban J connectivity index is 1.56. The van der Waals surface area contributed by atoms with Gasteiger partial charge in [0.15, 0.2) is 0 Å². The SMILES string of the molecule is O=C1[C@@H]2[C@@H](c3ccccc3Br)OC3(C(=O)c4ccccc4C3=O)[C@H]2C(=O)N1c1ccc(Cl)cc1. The third-order valence-electron chi connectivity index (χ3n) is 6.82. The smallest absolute Gasteiger partial charge is 0.241 e. The lowest BCUT2D eigenvalue weighted by molar-refractivity contribution is -0.127. The number of hydrogen-bond acceptors (Lipinski definition) is 5. The van der Waals surface area contributed by atoms with Crippen molar-refractivity contribution in [1.82, 2.24) is 0 Å². The van der Waals surface area contributed by atoms with Gasteiger partial charge in [-0.3, -0.25) is 19.2 Å². The summed E-state index contributed by atoms with van der Waals surface area (Å²) in [5, 5.41) is 0.450. The second-order valence-electron chi connectivity index (χ2n) is 8.49. The summed E-state index contributed by atoms with van der Waals surface area (Å²) in [5.41, 5.74) is -0.786. The van der Waals surface area contributed by atoms with Crippen molar-refractivity contribution >= 4 is 56.6 Å². The zero-order valence-corrected chi connectivity index (χ0v) is 19.7. The standard InChI is InChI=1S/C26H15BrClNO5/c27-18-8-4-3-7-17(18)21-19-20(25(33)29(24(19)32)14-11-9-13(28)10-12-14)26(34-21)22(30)15-5-1-2-6-16(15)23(26)31/h1-12,19-21H/t19-,20+,21+/m0/s1. The van der Waals surface area contributed by atoms with Crippen LogP contribution in [0.2, 0.25) is 5.02 Å². The van der Waals surface area contributed by atoms with Crippen LogP contribution in [0.4, 0.5) is 5.69 Å². The number of benzene rings is 3. The van der Waals surface area contributed by atoms with Gasteiger partial charge in [0.1, 0.15) is 0 Å². The van der Waals surface area contributed by atoms with Crippen molar-refractivity contribution in [2.75, 3.05) is 4.90 Å². The number of amides is 2. The highest BCUT2D eigenvalue weighted by molar-refractivity contribution is 9.10. The van der Waals surface area contributed by atoms with Crippen LogP contribution in [0.25, 0.3) is 0 Å². The zero-order valence-electron chi connectivity index (χ0n) is 17.4. The molecule has 2 amide bonds. The van der Waals surface area contributed by atoms with Gasteiger partial charge in [-0.2, -0.15) is 0 Å². The highest BCUT2D eigenvalue weighted by Gasteiger charge is 2.74. The average molecular weight is 537 g/mol. The number of nitrogens with zero attached hydrogens (tertiary/aromatic N) is 1. The molecule has 0 radical (unpaired) electrons. The van der Waals surface area contributed by atoms with Crippen molar-refractivity contribution in [3.8, 4) is 0 Å². The molecule has 3 aromatic carbocycles. The van der Waals surface area contributed by atoms with E-state index in [4.69, 9.17) is 16.3 Å². The lowest BCUT2D eigenvalue weighted by atomic mass is 9.77. The summed E-state index contributed by atoms with van der Waals surface area (Å²) in [5.74, 6) is -4.68. The molecule has 1 spiro atoms. The van der Waals surface area contributed by atoms with Crippen LogP contribution in [0.15, 0.2) is 77.3 Å². The molecular formula is C26H15BrClNO5. The van der Waals surface area contributed by atoms with E-state index in [2.05, 4.69) is 15.9 Å². The molecule has 34 heavy (non-hydrogen) atoms. The monoisotopic (exact) mass is 535 g/mol. The fourth-order valence-electron chi connectivity index (χ4n) is 5.35. The topological polar surface area (TPSA) is 80.8 Å². The largest absolute Gasteiger partial charge is 0.349 e. The molecule has 6 nitrogen and oxygen atoms in total. The molecule has 2 fully saturated rings. The number of carbonyl (C=O) groups is 4. The van der Waals surface area contributed by atoms with E-state index in [9.17, 15) is 19.2 Å². The Hall–Kier alpha value is -3.13. The maximum atomic E-state index is 13.8. The minimum Gasteiger partial charge on any atom is -0.349 e. The number of fused-ring (bicyclic) bond motifs is 3. The Morgan fingerprint density at radius 2 is 1.38 bits per heavy atom. The molecule has 0 aromatic heterocycles. The number of imide groups is 1. The van der Waals surface area contributed by atoms with Crippen molar-refractivity contribution in [3.63, 3.8) is 0 Å². The minimum absolute atomic E-state index is 0.198. The number of ether oxygens (including phenoxy) is 1. The number of Topliss-reactive ketones (excluding diaryl/α,β-unsaturated/α-hetero) is 2. The second-order valence-corrected chi connectivity index (χ2v) is 9.78. The van der Waals surface area contributed by atoms with E-state index in [0.717, 1.165) is 4.90 Å². The van der Waals surface area contributed by atoms with Gasteiger partial charge in [0.25, 0.3) is 0 Å². The third kappa shape index (κ3) is 2.66. The quantitative estimate of drug-likeness (QED) is 0.347. The normalized spacial score (nSPS) is 24.8. The van der Waals surface area contributed by atoms with Gasteiger partial charge in [-0.15, -0.1) is 0 Å². The van der Waals surface area contributed by atoms with Gasteiger partial charge in [0.05, 0.1) is 23.6 Å². The maximum absolute atomic E-state index is 13.8. The highest BCUT2D eigenvalue weighted by Crippen LogP contribution is 2.58. The Morgan fingerprint density at radius 1 is 0.794 bits per heavy atom. The van der Waals surface area contributed by atoms with Crippen LogP contribution < -0.4 is 4.90 Å². The number of hydrogen-bond donors (Lipinski definition) is 0. The number of halogens is 2. The van der Waals surface area contributed by atoms with Gasteiger partial charge in [0.2, 0.25) is 29.0 Å². The van der Waals surface area contributed by atoms with Crippen LogP contribution in [0, 0.1) is 11.8 Å². The van der Waals surface area contributed by atoms with E-state index in [1.165, 1.54) is 0 Å². The van der Waals surface area contributed by atoms with Crippen LogP contribution in [0.1, 0.15) is 32.4 Å². The predicted molar refractivity (Wildman–Crippen MR) is 127 cm³/mol. The first-order valence-electron chi connectivity index (χ1n) is 10.6. The van der Waals surface area contributed by atoms with E-state index in [0.29, 0.717) is 20.7 Å². The van der Waals surface area contributed by atoms with Crippen molar-refractivity contribution in [2.24, 2.45) is 11.8 Å². The number of anilines is 1. The lowest BCUT2D eigenvalue weighted by Crippen LogP contribution is -2.51. The van der Waals surface area contributed by atoms with Gasteiger partial charge in [-0.25, -0.2) is 4.90 Å². The van der Waals surface area contributed by atoms with Gasteiger partial charge in [0, 0.05) is 20.6 Å². The molecule has 0 N–H and O–H groups in total. The molecule has 3 aliphatic rings. The highest BCUT2D eigenvalue weighted by atomic mass is 79.9. The summed E-state index contributed by atoms with van der Waals surface area (Å²) in [6.45, 7) is 0. The molecule has 0 unspecified atom stereocenters. The first-order chi connectivity index (χ1) is 16.4. The lowest BCUT2D eigenvalue weighted by Gasteiger charge is -2.27. The summed E-state index contributed by atoms with van der Waals surface area (Å²) in [6, 6.07) is 19.8. The van der Waals surface area contributed by atoms with Crippen LogP contribution in [0.3, 0.4) is 0 Å². The van der Waals surface area contributed by atoms with Crippen LogP contribution >= 0.6 is 27.5 Å². The van der Waals surface area contributed by atoms with E-state index in [-0.39, 0.29) is 11.1 Å². The van der Waals surface area contributed by atoms with E-state index < -0.39 is 46.9 Å². The Kier molecular flexibility index (Phi) is 4.68. The fraction of sp³-hybridized carbons (Fsp3) is 0.154. The molecule has 8 heteroatoms. The zero-order chi connectivity index (χ0) is 23.8. The molecular weight excluding hydrogens is 522 g/mol. The van der Waals surface area contributed by atoms with E-state index >= 15 is 0 Å². The van der Waals surface area contributed by atoms with Gasteiger partial charge < -0.3 is 4.74 Å². The van der Waals surface area contributed by atoms with Crippen LogP contribution in [0.5, 0.6) is 0 Å². The van der Waals surface area contributed by atoms with Gasteiger partial charge >= 0.3 is 0 Å². The van der Waals surface area contributed by atoms with Crippen molar-refractivity contribution < 1.29 is 23.9 Å². The van der Waals surface area contributed by atoms with Gasteiger partial charge in [-0.05, 0) is 35.9 Å².